The summed E-state index contributed by atoms with van der Waals surface area (Å²) in [4.78, 5) is 23.2. The Kier molecular flexibility index (Phi) is 7.50. The molecule has 0 bridgehead atoms. The van der Waals surface area contributed by atoms with E-state index in [1.807, 2.05) is 18.2 Å². The maximum Gasteiger partial charge on any atom is 0.271 e. The molecule has 0 aliphatic rings. The summed E-state index contributed by atoms with van der Waals surface area (Å²) in [6, 6.07) is 13.9. The number of carbonyl (C=O) groups excluding carboxylic acids is 2. The Bertz CT molecular complexity index is 875. The minimum absolute atomic E-state index is 0.367. The molecule has 2 amide bonds. The minimum atomic E-state index is -0.660. The van der Waals surface area contributed by atoms with Crippen LogP contribution < -0.4 is 15.6 Å². The normalized spacial score (nSPS) is 10.7. The first-order valence-corrected chi connectivity index (χ1v) is 8.02. The highest BCUT2D eigenvalue weighted by Gasteiger charge is 2.05. The Morgan fingerprint density at radius 2 is 2.00 bits per heavy atom. The molecular formula is C20H19N3O4. The molecule has 0 heterocycles. The van der Waals surface area contributed by atoms with Crippen molar-refractivity contribution in [3.05, 3.63) is 84.0 Å². The topological polar surface area (TPSA) is 100 Å². The first-order valence-electron chi connectivity index (χ1n) is 8.02. The molecule has 0 unspecified atom stereocenters. The van der Waals surface area contributed by atoms with Crippen molar-refractivity contribution in [1.82, 2.24) is 10.9 Å². The highest BCUT2D eigenvalue weighted by Crippen LogP contribution is 2.15. The predicted molar refractivity (Wildman–Crippen MR) is 103 cm³/mol. The zero-order chi connectivity index (χ0) is 19.5. The van der Waals surface area contributed by atoms with Gasteiger partial charge in [-0.1, -0.05) is 36.9 Å². The average molecular weight is 365 g/mol. The zero-order valence-corrected chi connectivity index (χ0v) is 14.5. The lowest BCUT2D eigenvalue weighted by molar-refractivity contribution is -0.124. The van der Waals surface area contributed by atoms with Crippen LogP contribution in [0.1, 0.15) is 21.5 Å². The number of rotatable bonds is 8. The van der Waals surface area contributed by atoms with Crippen LogP contribution in [0.25, 0.3) is 6.08 Å². The van der Waals surface area contributed by atoms with Gasteiger partial charge in [0.1, 0.15) is 12.4 Å². The first-order chi connectivity index (χ1) is 13.1. The van der Waals surface area contributed by atoms with Gasteiger partial charge in [-0.3, -0.25) is 14.8 Å². The summed E-state index contributed by atoms with van der Waals surface area (Å²) in [5.74, 6) is -0.436. The standard InChI is InChI=1S/C20H19N3O4/c1-2-12-27-18-9-4-3-7-17(18)14-21-22-20(25)16-8-5-6-15(13-16)10-11-19(24)23-26/h2-11,13-14,26H,1,12H2,(H,22,25)(H,23,24)/b11-10+,21-14+. The third-order valence-corrected chi connectivity index (χ3v) is 3.33. The van der Waals surface area contributed by atoms with E-state index in [0.29, 0.717) is 29.0 Å². The van der Waals surface area contributed by atoms with Crippen LogP contribution in [0.4, 0.5) is 0 Å². The van der Waals surface area contributed by atoms with E-state index in [0.717, 1.165) is 6.08 Å². The number of carbonyl (C=O) groups is 2. The Morgan fingerprint density at radius 1 is 1.19 bits per heavy atom. The summed E-state index contributed by atoms with van der Waals surface area (Å²) in [6.45, 7) is 3.97. The quantitative estimate of drug-likeness (QED) is 0.220. The molecule has 0 aromatic heterocycles. The van der Waals surface area contributed by atoms with Gasteiger partial charge in [-0.25, -0.2) is 10.9 Å². The maximum absolute atomic E-state index is 12.2. The summed E-state index contributed by atoms with van der Waals surface area (Å²) in [6.07, 6.45) is 5.75. The molecule has 27 heavy (non-hydrogen) atoms. The van der Waals surface area contributed by atoms with Gasteiger partial charge in [0.25, 0.3) is 11.8 Å². The highest BCUT2D eigenvalue weighted by molar-refractivity contribution is 5.96. The van der Waals surface area contributed by atoms with Gasteiger partial charge in [0.2, 0.25) is 0 Å². The van der Waals surface area contributed by atoms with E-state index < -0.39 is 11.8 Å². The molecule has 0 fully saturated rings. The van der Waals surface area contributed by atoms with E-state index >= 15 is 0 Å². The fraction of sp³-hybridized carbons (Fsp3) is 0.0500. The maximum atomic E-state index is 12.2. The van der Waals surface area contributed by atoms with E-state index in [2.05, 4.69) is 17.1 Å². The van der Waals surface area contributed by atoms with Crippen LogP contribution in [0.15, 0.2) is 72.4 Å². The van der Waals surface area contributed by atoms with Gasteiger partial charge in [0.05, 0.1) is 6.21 Å². The third kappa shape index (κ3) is 6.26. The van der Waals surface area contributed by atoms with Gasteiger partial charge in [-0.05, 0) is 35.9 Å². The molecule has 2 aromatic carbocycles. The number of ether oxygens (including phenoxy) is 1. The fourth-order valence-corrected chi connectivity index (χ4v) is 2.09. The van der Waals surface area contributed by atoms with Crippen LogP contribution in [-0.4, -0.2) is 29.8 Å². The molecule has 0 atom stereocenters. The summed E-state index contributed by atoms with van der Waals surface area (Å²) in [5.41, 5.74) is 5.65. The van der Waals surface area contributed by atoms with Gasteiger partial charge in [0, 0.05) is 17.2 Å². The Balaban J connectivity index is 2.04. The molecule has 2 rings (SSSR count). The smallest absolute Gasteiger partial charge is 0.271 e. The van der Waals surface area contributed by atoms with Crippen LogP contribution in [-0.2, 0) is 4.79 Å². The molecule has 7 nitrogen and oxygen atoms in total. The summed E-state index contributed by atoms with van der Waals surface area (Å²) in [7, 11) is 0. The van der Waals surface area contributed by atoms with Crippen LogP contribution in [0.3, 0.4) is 0 Å². The number of amides is 2. The molecule has 0 radical (unpaired) electrons. The van der Waals surface area contributed by atoms with Crippen molar-refractivity contribution in [3.8, 4) is 5.75 Å². The van der Waals surface area contributed by atoms with Gasteiger partial charge in [-0.2, -0.15) is 5.10 Å². The number of para-hydroxylation sites is 1. The second-order valence-electron chi connectivity index (χ2n) is 5.27. The average Bonchev–Trinajstić information content (AvgIpc) is 2.71. The van der Waals surface area contributed by atoms with Crippen molar-refractivity contribution < 1.29 is 19.5 Å². The number of nitrogens with one attached hydrogen (secondary N) is 2. The van der Waals surface area contributed by atoms with Crippen LogP contribution in [0.2, 0.25) is 0 Å². The predicted octanol–water partition coefficient (Wildman–Crippen LogP) is 2.53. The number of nitrogens with zero attached hydrogens (tertiary/aromatic N) is 1. The molecule has 0 saturated heterocycles. The van der Waals surface area contributed by atoms with E-state index in [9.17, 15) is 9.59 Å². The monoisotopic (exact) mass is 365 g/mol. The van der Waals surface area contributed by atoms with Gasteiger partial charge >= 0.3 is 0 Å². The van der Waals surface area contributed by atoms with E-state index in [1.54, 1.807) is 36.4 Å². The largest absolute Gasteiger partial charge is 0.489 e. The number of hydrazone groups is 1. The van der Waals surface area contributed by atoms with Crippen molar-refractivity contribution in [2.75, 3.05) is 6.61 Å². The molecule has 3 N–H and O–H groups in total. The molecular weight excluding hydrogens is 346 g/mol. The van der Waals surface area contributed by atoms with E-state index in [-0.39, 0.29) is 0 Å². The molecule has 138 valence electrons. The van der Waals surface area contributed by atoms with Crippen LogP contribution in [0, 0.1) is 0 Å². The Hall–Kier alpha value is -3.71. The van der Waals surface area contributed by atoms with E-state index in [4.69, 9.17) is 9.94 Å². The van der Waals surface area contributed by atoms with Crippen molar-refractivity contribution in [2.45, 2.75) is 0 Å². The number of benzene rings is 2. The molecule has 2 aromatic rings. The van der Waals surface area contributed by atoms with Gasteiger partial charge in [-0.15, -0.1) is 0 Å². The SMILES string of the molecule is C=CCOc1ccccc1/C=N/NC(=O)c1cccc(/C=C/C(=O)NO)c1. The lowest BCUT2D eigenvalue weighted by atomic mass is 10.1. The summed E-state index contributed by atoms with van der Waals surface area (Å²) in [5, 5.41) is 12.4. The number of hydrogen-bond donors (Lipinski definition) is 3. The highest BCUT2D eigenvalue weighted by atomic mass is 16.5. The summed E-state index contributed by atoms with van der Waals surface area (Å²) >= 11 is 0. The lowest BCUT2D eigenvalue weighted by Gasteiger charge is -2.06. The number of hydroxylamine groups is 1. The molecule has 0 saturated carbocycles. The Labute approximate surface area is 156 Å². The second kappa shape index (κ2) is 10.3. The molecule has 7 heteroatoms. The fourth-order valence-electron chi connectivity index (χ4n) is 2.09. The van der Waals surface area contributed by atoms with E-state index in [1.165, 1.54) is 17.8 Å². The van der Waals surface area contributed by atoms with Crippen molar-refractivity contribution in [1.29, 1.82) is 0 Å². The minimum Gasteiger partial charge on any atom is -0.489 e. The van der Waals surface area contributed by atoms with Gasteiger partial charge in [0.15, 0.2) is 0 Å². The molecule has 0 aliphatic carbocycles. The Morgan fingerprint density at radius 3 is 2.78 bits per heavy atom. The van der Waals surface area contributed by atoms with Crippen LogP contribution >= 0.6 is 0 Å². The van der Waals surface area contributed by atoms with Crippen molar-refractivity contribution >= 4 is 24.1 Å². The van der Waals surface area contributed by atoms with Crippen LogP contribution in [0.5, 0.6) is 5.75 Å². The molecule has 0 aliphatic heterocycles. The first kappa shape index (κ1) is 19.6. The van der Waals surface area contributed by atoms with Crippen molar-refractivity contribution in [2.24, 2.45) is 5.10 Å². The lowest BCUT2D eigenvalue weighted by Crippen LogP contribution is -2.17. The van der Waals surface area contributed by atoms with Gasteiger partial charge < -0.3 is 4.74 Å². The molecule has 0 spiro atoms. The summed E-state index contributed by atoms with van der Waals surface area (Å²) < 4.78 is 5.52. The number of hydrogen-bond acceptors (Lipinski definition) is 5. The van der Waals surface area contributed by atoms with Crippen molar-refractivity contribution in [3.63, 3.8) is 0 Å². The second-order valence-corrected chi connectivity index (χ2v) is 5.27. The zero-order valence-electron chi connectivity index (χ0n) is 14.5. The third-order valence-electron chi connectivity index (χ3n) is 3.33.